The second-order valence-electron chi connectivity index (χ2n) is 13.0. The van der Waals surface area contributed by atoms with E-state index in [1.54, 1.807) is 14.2 Å². The van der Waals surface area contributed by atoms with Gasteiger partial charge in [0.25, 0.3) is 11.3 Å². The van der Waals surface area contributed by atoms with Crippen molar-refractivity contribution in [2.24, 2.45) is 5.73 Å². The minimum Gasteiger partial charge on any atom is -0.497 e. The molecule has 54 heavy (non-hydrogen) atoms. The third kappa shape index (κ3) is 8.16. The number of carbonyl (C=O) groups is 1. The summed E-state index contributed by atoms with van der Waals surface area (Å²) in [6.07, 6.45) is -10.2. The van der Waals surface area contributed by atoms with Crippen LogP contribution in [0.25, 0.3) is 0 Å². The van der Waals surface area contributed by atoms with Crippen molar-refractivity contribution in [1.29, 1.82) is 0 Å². The number of benzene rings is 4. The summed E-state index contributed by atoms with van der Waals surface area (Å²) < 4.78 is 64.7. The van der Waals surface area contributed by atoms with Crippen LogP contribution in [0.2, 0.25) is 0 Å². The Morgan fingerprint density at radius 3 is 1.67 bits per heavy atom. The van der Waals surface area contributed by atoms with E-state index >= 15 is 0 Å². The first kappa shape index (κ1) is 38.2. The van der Waals surface area contributed by atoms with Crippen LogP contribution in [-0.2, 0) is 27.1 Å². The van der Waals surface area contributed by atoms with E-state index < -0.39 is 59.9 Å². The molecule has 0 spiro atoms. The molecule has 4 N–H and O–H groups in total. The molecule has 0 bridgehead atoms. The van der Waals surface area contributed by atoms with Gasteiger partial charge < -0.3 is 29.8 Å². The predicted molar refractivity (Wildman–Crippen MR) is 191 cm³/mol. The maximum atomic E-state index is 13.9. The molecular formula is C40H38F3N3O8. The Morgan fingerprint density at radius 2 is 1.26 bits per heavy atom. The number of H-pyrrole nitrogens is 1. The number of ketones is 1. The van der Waals surface area contributed by atoms with Crippen molar-refractivity contribution in [3.63, 3.8) is 0 Å². The largest absolute Gasteiger partial charge is 0.497 e. The number of alkyl halides is 3. The molecule has 1 aliphatic rings. The van der Waals surface area contributed by atoms with Gasteiger partial charge in [-0.3, -0.25) is 19.1 Å². The van der Waals surface area contributed by atoms with Gasteiger partial charge in [-0.05, 0) is 70.5 Å². The molecular weight excluding hydrogens is 707 g/mol. The smallest absolute Gasteiger partial charge is 0.452 e. The van der Waals surface area contributed by atoms with E-state index in [4.69, 9.17) is 24.7 Å². The van der Waals surface area contributed by atoms with Crippen LogP contribution in [-0.4, -0.2) is 65.2 Å². The summed E-state index contributed by atoms with van der Waals surface area (Å²) >= 11 is 0. The lowest BCUT2D eigenvalue weighted by atomic mass is 9.86. The molecule has 14 heteroatoms. The Balaban J connectivity index is 1.28. The summed E-state index contributed by atoms with van der Waals surface area (Å²) in [4.78, 5) is 39.0. The molecule has 1 aliphatic heterocycles. The first-order valence-electron chi connectivity index (χ1n) is 16.9. The molecule has 0 radical (unpaired) electrons. The number of methoxy groups -OCH3 is 2. The van der Waals surface area contributed by atoms with Gasteiger partial charge in [0.15, 0.2) is 11.8 Å². The van der Waals surface area contributed by atoms with Crippen LogP contribution >= 0.6 is 0 Å². The first-order chi connectivity index (χ1) is 25.8. The molecule has 4 aromatic carbocycles. The topological polar surface area (TPSA) is 155 Å². The van der Waals surface area contributed by atoms with Gasteiger partial charge in [-0.1, -0.05) is 72.8 Å². The number of Topliss-reactive ketones (excluding diaryl/α,β-unsaturated/α-hetero) is 1. The highest BCUT2D eigenvalue weighted by atomic mass is 19.4. The fourth-order valence-corrected chi connectivity index (χ4v) is 6.49. The molecule has 4 atom stereocenters. The number of carbonyl (C=O) groups excluding carboxylic acids is 1. The molecule has 282 valence electrons. The van der Waals surface area contributed by atoms with Gasteiger partial charge >= 0.3 is 11.9 Å². The van der Waals surface area contributed by atoms with Crippen molar-refractivity contribution in [1.82, 2.24) is 9.55 Å². The van der Waals surface area contributed by atoms with Crippen LogP contribution in [0, 0.1) is 0 Å². The van der Waals surface area contributed by atoms with E-state index in [9.17, 15) is 32.7 Å². The van der Waals surface area contributed by atoms with Crippen molar-refractivity contribution in [3.8, 4) is 11.5 Å². The number of nitrogens with zero attached hydrogens (tertiary/aromatic N) is 1. The number of aromatic amines is 1. The molecule has 1 aromatic heterocycles. The van der Waals surface area contributed by atoms with Crippen molar-refractivity contribution in [2.75, 3.05) is 20.8 Å². The molecule has 1 fully saturated rings. The number of aliphatic hydroxyl groups excluding tert-OH is 1. The van der Waals surface area contributed by atoms with Gasteiger partial charge in [-0.2, -0.15) is 13.2 Å². The summed E-state index contributed by atoms with van der Waals surface area (Å²) in [5.41, 5.74) is 6.37. The summed E-state index contributed by atoms with van der Waals surface area (Å²) in [7, 11) is 3.20. The van der Waals surface area contributed by atoms with Crippen molar-refractivity contribution in [2.45, 2.75) is 49.1 Å². The average Bonchev–Trinajstić information content (AvgIpc) is 3.42. The lowest BCUT2D eigenvalue weighted by Gasteiger charge is -2.32. The minimum atomic E-state index is -5.50. The Bertz CT molecular complexity index is 2080. The first-order valence-corrected chi connectivity index (χ1v) is 16.9. The Labute approximate surface area is 307 Å². The number of aliphatic hydroxyl groups is 1. The van der Waals surface area contributed by atoms with Gasteiger partial charge in [0.1, 0.15) is 29.8 Å². The van der Waals surface area contributed by atoms with E-state index in [1.165, 1.54) is 0 Å². The molecule has 2 heterocycles. The van der Waals surface area contributed by atoms with Crippen molar-refractivity contribution >= 4 is 5.78 Å². The number of rotatable bonds is 13. The normalized spacial score (nSPS) is 19.9. The van der Waals surface area contributed by atoms with Gasteiger partial charge in [0.2, 0.25) is 0 Å². The van der Waals surface area contributed by atoms with Crippen LogP contribution in [0.3, 0.4) is 0 Å². The zero-order valence-corrected chi connectivity index (χ0v) is 29.3. The van der Waals surface area contributed by atoms with Gasteiger partial charge in [0, 0.05) is 12.3 Å². The SMILES string of the molecule is COc1ccc(Cc2ccc(C(OC[C@@H]3O[C@H](n4ccc(=O)[nH]c4=O)C(N)(C(=O)C(F)(F)F)C3O)c3ccc(Cc4ccc(OC)cc4)cc3)cc2)cc1. The lowest BCUT2D eigenvalue weighted by molar-refractivity contribution is -0.183. The highest BCUT2D eigenvalue weighted by Gasteiger charge is 2.66. The molecule has 0 amide bonds. The maximum Gasteiger partial charge on any atom is 0.452 e. The average molecular weight is 746 g/mol. The van der Waals surface area contributed by atoms with E-state index in [1.807, 2.05) is 102 Å². The molecule has 11 nitrogen and oxygen atoms in total. The van der Waals surface area contributed by atoms with E-state index in [0.717, 1.165) is 46.0 Å². The molecule has 6 rings (SSSR count). The van der Waals surface area contributed by atoms with Crippen LogP contribution in [0.5, 0.6) is 11.5 Å². The lowest BCUT2D eigenvalue weighted by Crippen LogP contribution is -2.65. The third-order valence-corrected chi connectivity index (χ3v) is 9.44. The predicted octanol–water partition coefficient (Wildman–Crippen LogP) is 4.63. The van der Waals surface area contributed by atoms with Crippen LogP contribution in [0.4, 0.5) is 13.2 Å². The zero-order chi connectivity index (χ0) is 38.6. The van der Waals surface area contributed by atoms with Gasteiger partial charge in [-0.15, -0.1) is 0 Å². The highest BCUT2D eigenvalue weighted by molar-refractivity contribution is 5.94. The Morgan fingerprint density at radius 1 is 0.815 bits per heavy atom. The van der Waals surface area contributed by atoms with Crippen LogP contribution in [0.15, 0.2) is 119 Å². The summed E-state index contributed by atoms with van der Waals surface area (Å²) in [5.74, 6) is -1.02. The molecule has 2 unspecified atom stereocenters. The fourth-order valence-electron chi connectivity index (χ4n) is 6.49. The molecule has 0 aliphatic carbocycles. The Kier molecular flexibility index (Phi) is 11.2. The number of hydrogen-bond acceptors (Lipinski definition) is 9. The van der Waals surface area contributed by atoms with E-state index in [2.05, 4.69) is 0 Å². The summed E-state index contributed by atoms with van der Waals surface area (Å²) in [5, 5.41) is 11.2. The number of nitrogens with two attached hydrogens (primary N) is 1. The number of halogens is 3. The summed E-state index contributed by atoms with van der Waals surface area (Å²) in [6, 6.07) is 31.4. The van der Waals surface area contributed by atoms with Gasteiger partial charge in [-0.25, -0.2) is 4.79 Å². The molecule has 1 saturated heterocycles. The number of aromatic nitrogens is 2. The fraction of sp³-hybridized carbons (Fsp3) is 0.275. The number of nitrogens with one attached hydrogen (secondary N) is 1. The van der Waals surface area contributed by atoms with Crippen LogP contribution < -0.4 is 26.5 Å². The van der Waals surface area contributed by atoms with E-state index in [0.29, 0.717) is 28.5 Å². The second kappa shape index (κ2) is 15.8. The summed E-state index contributed by atoms with van der Waals surface area (Å²) in [6.45, 7) is -0.536. The minimum absolute atomic E-state index is 0.536. The maximum absolute atomic E-state index is 13.9. The van der Waals surface area contributed by atoms with Crippen molar-refractivity contribution < 1.29 is 42.0 Å². The van der Waals surface area contributed by atoms with E-state index in [-0.39, 0.29) is 0 Å². The molecule has 0 saturated carbocycles. The second-order valence-corrected chi connectivity index (χ2v) is 13.0. The third-order valence-electron chi connectivity index (χ3n) is 9.44. The number of ether oxygens (including phenoxy) is 4. The van der Waals surface area contributed by atoms with Crippen molar-refractivity contribution in [3.05, 3.63) is 164 Å². The quantitative estimate of drug-likeness (QED) is 0.157. The highest BCUT2D eigenvalue weighted by Crippen LogP contribution is 2.41. The molecule has 5 aromatic rings. The monoisotopic (exact) mass is 745 g/mol. The zero-order valence-electron chi connectivity index (χ0n) is 29.3. The standard InChI is InChI=1S/C40H38F3N3O8/c1-51-30-15-7-26(8-16-30)21-24-3-11-28(12-4-24)34(29-13-5-25(6-14-29)22-27-9-17-31(52-2)18-10-27)53-23-32-35(48)39(44,36(49)40(41,42)43)37(54-32)46-20-19-33(47)45-38(46)50/h3-20,32,34-35,37,48H,21-23,44H2,1-2H3,(H,45,47,50)/t32-,35?,37-,39?/m0/s1. The van der Waals surface area contributed by atoms with Gasteiger partial charge in [0.05, 0.1) is 20.8 Å². The Hall–Kier alpha value is -5.54. The van der Waals surface area contributed by atoms with Crippen LogP contribution in [0.1, 0.15) is 45.7 Å². The number of hydrogen-bond donors (Lipinski definition) is 3.